The fourth-order valence-electron chi connectivity index (χ4n) is 10.4. The molecule has 8 atom stereocenters. The fraction of sp³-hybridized carbons (Fsp3) is 0.914. The van der Waals surface area contributed by atoms with Gasteiger partial charge in [-0.3, -0.25) is 0 Å². The quantitative estimate of drug-likeness (QED) is 0.125. The number of allylic oxidation sites excluding steroid dienone is 1. The zero-order chi connectivity index (χ0) is 29.3. The summed E-state index contributed by atoms with van der Waals surface area (Å²) < 4.78 is 5.35. The summed E-state index contributed by atoms with van der Waals surface area (Å²) >= 11 is 0. The third-order valence-electron chi connectivity index (χ3n) is 12.5. The highest BCUT2D eigenvalue weighted by Gasteiger charge is 2.60. The number of alkyl carbamates (subject to hydrolysis) is 1. The minimum Gasteiger partial charge on any atom is -0.418 e. The second-order valence-electron chi connectivity index (χ2n) is 14.9. The molecular formula is C35H64N4O2. The zero-order valence-corrected chi connectivity index (χ0v) is 27.1. The van der Waals surface area contributed by atoms with Crippen LogP contribution < -0.4 is 21.7 Å². The third-order valence-corrected chi connectivity index (χ3v) is 12.5. The number of hydrogen-bond donors (Lipinski definition) is 4. The normalized spacial score (nSPS) is 35.7. The van der Waals surface area contributed by atoms with E-state index in [1.807, 2.05) is 0 Å². The van der Waals surface area contributed by atoms with Crippen molar-refractivity contribution in [1.29, 1.82) is 0 Å². The van der Waals surface area contributed by atoms with Crippen LogP contribution >= 0.6 is 0 Å². The zero-order valence-electron chi connectivity index (χ0n) is 27.1. The lowest BCUT2D eigenvalue weighted by atomic mass is 9.44. The molecule has 0 aromatic heterocycles. The Morgan fingerprint density at radius 3 is 2.49 bits per heavy atom. The molecule has 4 aliphatic rings. The van der Waals surface area contributed by atoms with Crippen molar-refractivity contribution in [1.82, 2.24) is 16.0 Å². The van der Waals surface area contributed by atoms with Crippen molar-refractivity contribution in [2.45, 2.75) is 118 Å². The summed E-state index contributed by atoms with van der Waals surface area (Å²) in [6.45, 7) is 14.8. The van der Waals surface area contributed by atoms with Crippen LogP contribution in [0.5, 0.6) is 0 Å². The summed E-state index contributed by atoms with van der Waals surface area (Å²) in [7, 11) is 0. The monoisotopic (exact) mass is 573 g/mol. The number of amides is 1. The van der Waals surface area contributed by atoms with Crippen molar-refractivity contribution in [3.05, 3.63) is 11.8 Å². The lowest BCUT2D eigenvalue weighted by Gasteiger charge is -2.61. The molecule has 1 amide bonds. The first-order valence-corrected chi connectivity index (χ1v) is 17.5. The van der Waals surface area contributed by atoms with Gasteiger partial charge in [0.1, 0.15) is 0 Å². The van der Waals surface area contributed by atoms with Gasteiger partial charge in [0.15, 0.2) is 0 Å². The van der Waals surface area contributed by atoms with Gasteiger partial charge in [-0.15, -0.1) is 0 Å². The molecule has 4 saturated carbocycles. The SMILES string of the molecule is CC(=COC(=O)NCCNCCCNCCN)CCC[C@@H](C)[C@H]1CC[C@H]2[C@@H]3CCC4CCCC[C@]4(C)[C@H]3CC[C@]12C. The van der Waals surface area contributed by atoms with Gasteiger partial charge in [0.05, 0.1) is 6.26 Å². The summed E-state index contributed by atoms with van der Waals surface area (Å²) in [6, 6.07) is 0. The minimum absolute atomic E-state index is 0.360. The van der Waals surface area contributed by atoms with Crippen molar-refractivity contribution >= 4 is 6.09 Å². The smallest absolute Gasteiger partial charge is 0.412 e. The summed E-state index contributed by atoms with van der Waals surface area (Å²) in [4.78, 5) is 12.1. The number of ether oxygens (including phenoxy) is 1. The van der Waals surface area contributed by atoms with E-state index in [-0.39, 0.29) is 6.09 Å². The van der Waals surface area contributed by atoms with Gasteiger partial charge >= 0.3 is 6.09 Å². The number of rotatable bonds is 15. The molecule has 0 aromatic rings. The van der Waals surface area contributed by atoms with Crippen molar-refractivity contribution in [2.24, 2.45) is 52.1 Å². The first kappa shape index (κ1) is 32.8. The maximum absolute atomic E-state index is 12.1. The van der Waals surface area contributed by atoms with Gasteiger partial charge in [0.25, 0.3) is 0 Å². The number of fused-ring (bicyclic) bond motifs is 5. The predicted molar refractivity (Wildman–Crippen MR) is 171 cm³/mol. The van der Waals surface area contributed by atoms with Crippen LogP contribution in [0.4, 0.5) is 4.79 Å². The molecule has 6 nitrogen and oxygen atoms in total. The van der Waals surface area contributed by atoms with E-state index in [4.69, 9.17) is 10.5 Å². The summed E-state index contributed by atoms with van der Waals surface area (Å²) in [5.41, 5.74) is 7.82. The Morgan fingerprint density at radius 1 is 0.902 bits per heavy atom. The highest BCUT2D eigenvalue weighted by molar-refractivity contribution is 5.67. The van der Waals surface area contributed by atoms with Crippen molar-refractivity contribution in [2.75, 3.05) is 39.3 Å². The van der Waals surface area contributed by atoms with E-state index in [0.29, 0.717) is 23.9 Å². The molecule has 0 radical (unpaired) electrons. The van der Waals surface area contributed by atoms with Crippen molar-refractivity contribution in [3.63, 3.8) is 0 Å². The molecule has 6 heteroatoms. The molecule has 4 aliphatic carbocycles. The van der Waals surface area contributed by atoms with Crippen LogP contribution in [0.15, 0.2) is 11.8 Å². The Balaban J connectivity index is 1.13. The van der Waals surface area contributed by atoms with Gasteiger partial charge in [-0.2, -0.15) is 0 Å². The van der Waals surface area contributed by atoms with E-state index < -0.39 is 0 Å². The maximum atomic E-state index is 12.1. The molecule has 4 rings (SSSR count). The minimum atomic E-state index is -0.360. The van der Waals surface area contributed by atoms with Gasteiger partial charge in [0, 0.05) is 26.2 Å². The fourth-order valence-corrected chi connectivity index (χ4v) is 10.4. The van der Waals surface area contributed by atoms with Crippen LogP contribution in [0.25, 0.3) is 0 Å². The Hall–Kier alpha value is -1.11. The topological polar surface area (TPSA) is 88.4 Å². The number of nitrogens with two attached hydrogens (primary N) is 1. The standard InChI is InChI=1S/C35H64N4O2/c1-26(25-41-33(40)39-24-23-38-21-8-20-37-22-19-36)9-7-10-27(2)30-14-15-31-29-13-12-28-11-5-6-17-34(28,3)32(29)16-18-35(30,31)4/h25,27-32,37-38H,5-24,36H2,1-4H3,(H,39,40)/t27-,28?,29+,30-,31+,32+,34+,35-/m1/s1. The predicted octanol–water partition coefficient (Wildman–Crippen LogP) is 7.00. The van der Waals surface area contributed by atoms with Crippen molar-refractivity contribution in [3.8, 4) is 0 Å². The van der Waals surface area contributed by atoms with Gasteiger partial charge in [-0.05, 0) is 143 Å². The maximum Gasteiger partial charge on any atom is 0.412 e. The van der Waals surface area contributed by atoms with Gasteiger partial charge in [-0.1, -0.05) is 40.0 Å². The van der Waals surface area contributed by atoms with E-state index in [1.54, 1.807) is 6.26 Å². The second-order valence-corrected chi connectivity index (χ2v) is 14.9. The van der Waals surface area contributed by atoms with Crippen LogP contribution in [0.3, 0.4) is 0 Å². The molecule has 0 saturated heterocycles. The molecule has 0 aliphatic heterocycles. The molecule has 5 N–H and O–H groups in total. The van der Waals surface area contributed by atoms with E-state index in [0.717, 1.165) is 80.1 Å². The largest absolute Gasteiger partial charge is 0.418 e. The lowest BCUT2D eigenvalue weighted by molar-refractivity contribution is -0.114. The Labute approximate surface area is 252 Å². The number of hydrogen-bond acceptors (Lipinski definition) is 5. The highest BCUT2D eigenvalue weighted by atomic mass is 16.5. The lowest BCUT2D eigenvalue weighted by Crippen LogP contribution is -2.53. The summed E-state index contributed by atoms with van der Waals surface area (Å²) in [6.07, 6.45) is 20.7. The third kappa shape index (κ3) is 8.09. The molecule has 0 spiro atoms. The number of carbonyl (C=O) groups is 1. The number of carbonyl (C=O) groups excluding carboxylic acids is 1. The molecular weight excluding hydrogens is 508 g/mol. The van der Waals surface area contributed by atoms with E-state index in [9.17, 15) is 4.79 Å². The molecule has 236 valence electrons. The van der Waals surface area contributed by atoms with Crippen molar-refractivity contribution < 1.29 is 9.53 Å². The molecule has 0 heterocycles. The summed E-state index contributed by atoms with van der Waals surface area (Å²) in [5.74, 6) is 5.65. The molecule has 0 aromatic carbocycles. The van der Waals surface area contributed by atoms with E-state index in [1.165, 1.54) is 77.0 Å². The van der Waals surface area contributed by atoms with Gasteiger partial charge < -0.3 is 26.4 Å². The van der Waals surface area contributed by atoms with Gasteiger partial charge in [0.2, 0.25) is 0 Å². The van der Waals surface area contributed by atoms with E-state index >= 15 is 0 Å². The molecule has 4 fully saturated rings. The van der Waals surface area contributed by atoms with Crippen LogP contribution in [0, 0.1) is 46.3 Å². The summed E-state index contributed by atoms with van der Waals surface area (Å²) in [5, 5.41) is 9.44. The first-order valence-electron chi connectivity index (χ1n) is 17.5. The van der Waals surface area contributed by atoms with Crippen LogP contribution in [-0.2, 0) is 4.74 Å². The van der Waals surface area contributed by atoms with Gasteiger partial charge in [-0.25, -0.2) is 4.79 Å². The van der Waals surface area contributed by atoms with Crippen LogP contribution in [-0.4, -0.2) is 45.4 Å². The second kappa shape index (κ2) is 15.6. The Kier molecular flexibility index (Phi) is 12.5. The Bertz CT molecular complexity index is 848. The van der Waals surface area contributed by atoms with E-state index in [2.05, 4.69) is 43.6 Å². The van der Waals surface area contributed by atoms with Crippen LogP contribution in [0.2, 0.25) is 0 Å². The van der Waals surface area contributed by atoms with Crippen LogP contribution in [0.1, 0.15) is 118 Å². The Morgan fingerprint density at radius 2 is 1.68 bits per heavy atom. The molecule has 0 bridgehead atoms. The average molecular weight is 573 g/mol. The number of nitrogens with one attached hydrogen (secondary N) is 3. The highest BCUT2D eigenvalue weighted by Crippen LogP contribution is 2.68. The molecule has 41 heavy (non-hydrogen) atoms. The molecule has 1 unspecified atom stereocenters. The first-order chi connectivity index (χ1) is 19.8. The average Bonchev–Trinajstić information content (AvgIpc) is 3.32.